The van der Waals surface area contributed by atoms with Crippen LogP contribution in [0.4, 0.5) is 5.95 Å². The van der Waals surface area contributed by atoms with Crippen molar-refractivity contribution < 1.29 is 4.74 Å². The van der Waals surface area contributed by atoms with Crippen LogP contribution < -0.4 is 15.6 Å². The summed E-state index contributed by atoms with van der Waals surface area (Å²) in [6, 6.07) is 19.9. The number of piperidine rings is 1. The number of benzene rings is 2. The van der Waals surface area contributed by atoms with Crippen LogP contribution in [0.1, 0.15) is 18.4 Å². The van der Waals surface area contributed by atoms with Gasteiger partial charge in [0.2, 0.25) is 5.95 Å². The number of ether oxygens (including phenoxy) is 1. The first-order valence-corrected chi connectivity index (χ1v) is 9.98. The number of rotatable bonds is 6. The fourth-order valence-corrected chi connectivity index (χ4v) is 3.71. The van der Waals surface area contributed by atoms with Gasteiger partial charge in [0.25, 0.3) is 5.56 Å². The molecule has 3 aromatic rings. The summed E-state index contributed by atoms with van der Waals surface area (Å²) in [6.07, 6.45) is 2.03. The molecule has 1 aliphatic rings. The molecule has 0 unspecified atom stereocenters. The van der Waals surface area contributed by atoms with Gasteiger partial charge in [-0.3, -0.25) is 14.7 Å². The summed E-state index contributed by atoms with van der Waals surface area (Å²) in [5.74, 6) is 1.31. The van der Waals surface area contributed by atoms with Gasteiger partial charge < -0.3 is 10.1 Å². The Morgan fingerprint density at radius 2 is 1.83 bits per heavy atom. The number of hydrogen-bond donors (Lipinski definition) is 2. The van der Waals surface area contributed by atoms with E-state index in [1.807, 2.05) is 30.3 Å². The van der Waals surface area contributed by atoms with Crippen LogP contribution in [0.25, 0.3) is 11.3 Å². The van der Waals surface area contributed by atoms with Crippen molar-refractivity contribution >= 4 is 5.95 Å². The molecular weight excluding hydrogens is 364 g/mol. The van der Waals surface area contributed by atoms with Gasteiger partial charge in [0.15, 0.2) is 0 Å². The normalized spacial score (nSPS) is 15.2. The second kappa shape index (κ2) is 8.92. The fraction of sp³-hybridized carbons (Fsp3) is 0.304. The first-order valence-electron chi connectivity index (χ1n) is 9.98. The number of methoxy groups -OCH3 is 1. The van der Waals surface area contributed by atoms with Crippen LogP contribution in [-0.4, -0.2) is 41.1 Å². The van der Waals surface area contributed by atoms with Crippen LogP contribution in [0.5, 0.6) is 5.75 Å². The maximum atomic E-state index is 12.1. The summed E-state index contributed by atoms with van der Waals surface area (Å²) in [4.78, 5) is 22.0. The number of likely N-dealkylation sites (tertiary alicyclic amines) is 1. The Kier molecular flexibility index (Phi) is 5.91. The molecule has 2 aromatic carbocycles. The molecule has 1 aromatic heterocycles. The largest absolute Gasteiger partial charge is 0.497 e. The predicted octanol–water partition coefficient (Wildman–Crippen LogP) is 3.52. The number of aromatic nitrogens is 2. The smallest absolute Gasteiger partial charge is 0.252 e. The molecule has 2 heterocycles. The Morgan fingerprint density at radius 1 is 1.10 bits per heavy atom. The molecule has 0 spiro atoms. The maximum absolute atomic E-state index is 12.1. The summed E-state index contributed by atoms with van der Waals surface area (Å²) < 4.78 is 5.19. The molecule has 4 rings (SSSR count). The quantitative estimate of drug-likeness (QED) is 0.674. The van der Waals surface area contributed by atoms with E-state index in [4.69, 9.17) is 4.74 Å². The highest BCUT2D eigenvalue weighted by Gasteiger charge is 2.20. The molecule has 0 atom stereocenters. The number of nitrogens with zero attached hydrogens (tertiary/aromatic N) is 2. The lowest BCUT2D eigenvalue weighted by molar-refractivity contribution is 0.211. The van der Waals surface area contributed by atoms with E-state index in [1.165, 1.54) is 11.6 Å². The monoisotopic (exact) mass is 390 g/mol. The summed E-state index contributed by atoms with van der Waals surface area (Å²) in [5.41, 5.74) is 2.73. The summed E-state index contributed by atoms with van der Waals surface area (Å²) in [6.45, 7) is 3.03. The van der Waals surface area contributed by atoms with Crippen molar-refractivity contribution in [1.82, 2.24) is 14.9 Å². The highest BCUT2D eigenvalue weighted by molar-refractivity contribution is 5.61. The third-order valence-corrected chi connectivity index (χ3v) is 5.30. The topological polar surface area (TPSA) is 70.2 Å². The van der Waals surface area contributed by atoms with E-state index >= 15 is 0 Å². The van der Waals surface area contributed by atoms with Gasteiger partial charge in [-0.05, 0) is 42.7 Å². The number of anilines is 1. The molecule has 1 aliphatic heterocycles. The molecule has 0 radical (unpaired) electrons. The predicted molar refractivity (Wildman–Crippen MR) is 115 cm³/mol. The molecule has 6 heteroatoms. The Labute approximate surface area is 170 Å². The second-order valence-corrected chi connectivity index (χ2v) is 7.39. The molecular formula is C23H26N4O2. The molecule has 0 bridgehead atoms. The van der Waals surface area contributed by atoms with Crippen molar-refractivity contribution in [3.8, 4) is 17.0 Å². The van der Waals surface area contributed by atoms with E-state index < -0.39 is 0 Å². The van der Waals surface area contributed by atoms with Crippen molar-refractivity contribution in [1.29, 1.82) is 0 Å². The van der Waals surface area contributed by atoms with Gasteiger partial charge in [-0.25, -0.2) is 4.98 Å². The highest BCUT2D eigenvalue weighted by Crippen LogP contribution is 2.21. The zero-order valence-corrected chi connectivity index (χ0v) is 16.6. The SMILES string of the molecule is COc1ccc(-c2cc(=O)[nH]c(NC3CCN(Cc4ccccc4)CC3)n2)cc1. The summed E-state index contributed by atoms with van der Waals surface area (Å²) >= 11 is 0. The van der Waals surface area contributed by atoms with Gasteiger partial charge in [0.05, 0.1) is 12.8 Å². The Balaban J connectivity index is 1.38. The minimum atomic E-state index is -0.158. The lowest BCUT2D eigenvalue weighted by Gasteiger charge is -2.32. The van der Waals surface area contributed by atoms with Gasteiger partial charge in [0.1, 0.15) is 5.75 Å². The van der Waals surface area contributed by atoms with E-state index in [2.05, 4.69) is 44.5 Å². The lowest BCUT2D eigenvalue weighted by atomic mass is 10.0. The van der Waals surface area contributed by atoms with Crippen LogP contribution in [0.2, 0.25) is 0 Å². The molecule has 1 saturated heterocycles. The molecule has 6 nitrogen and oxygen atoms in total. The van der Waals surface area contributed by atoms with E-state index in [-0.39, 0.29) is 5.56 Å². The molecule has 150 valence electrons. The van der Waals surface area contributed by atoms with Crippen LogP contribution in [0, 0.1) is 0 Å². The average Bonchev–Trinajstić information content (AvgIpc) is 2.75. The lowest BCUT2D eigenvalue weighted by Crippen LogP contribution is -2.39. The van der Waals surface area contributed by atoms with E-state index in [0.29, 0.717) is 17.7 Å². The summed E-state index contributed by atoms with van der Waals surface area (Å²) in [7, 11) is 1.63. The minimum Gasteiger partial charge on any atom is -0.497 e. The Hall–Kier alpha value is -3.12. The zero-order valence-electron chi connectivity index (χ0n) is 16.6. The molecule has 2 N–H and O–H groups in total. The van der Waals surface area contributed by atoms with Gasteiger partial charge in [-0.15, -0.1) is 0 Å². The van der Waals surface area contributed by atoms with Crippen LogP contribution >= 0.6 is 0 Å². The van der Waals surface area contributed by atoms with Crippen molar-refractivity contribution in [3.05, 3.63) is 76.6 Å². The van der Waals surface area contributed by atoms with Crippen LogP contribution in [-0.2, 0) is 6.54 Å². The number of hydrogen-bond acceptors (Lipinski definition) is 5. The van der Waals surface area contributed by atoms with Gasteiger partial charge in [-0.1, -0.05) is 30.3 Å². The van der Waals surface area contributed by atoms with Crippen LogP contribution in [0.15, 0.2) is 65.5 Å². The van der Waals surface area contributed by atoms with Crippen molar-refractivity contribution in [3.63, 3.8) is 0 Å². The van der Waals surface area contributed by atoms with Crippen molar-refractivity contribution in [2.45, 2.75) is 25.4 Å². The third kappa shape index (κ3) is 5.03. The molecule has 0 aliphatic carbocycles. The Bertz CT molecular complexity index is 978. The standard InChI is InChI=1S/C23H26N4O2/c1-29-20-9-7-18(8-10-20)21-15-22(28)26-23(25-21)24-19-11-13-27(14-12-19)16-17-5-3-2-4-6-17/h2-10,15,19H,11-14,16H2,1H3,(H2,24,25,26,28). The number of H-pyrrole nitrogens is 1. The first-order chi connectivity index (χ1) is 14.2. The van der Waals surface area contributed by atoms with Crippen molar-refractivity contribution in [2.75, 3.05) is 25.5 Å². The Morgan fingerprint density at radius 3 is 2.52 bits per heavy atom. The van der Waals surface area contributed by atoms with Gasteiger partial charge in [-0.2, -0.15) is 0 Å². The number of aromatic amines is 1. The summed E-state index contributed by atoms with van der Waals surface area (Å²) in [5, 5.41) is 3.42. The minimum absolute atomic E-state index is 0.158. The number of nitrogens with one attached hydrogen (secondary N) is 2. The molecule has 0 saturated carbocycles. The molecule has 29 heavy (non-hydrogen) atoms. The van der Waals surface area contributed by atoms with Crippen molar-refractivity contribution in [2.24, 2.45) is 0 Å². The first kappa shape index (κ1) is 19.2. The van der Waals surface area contributed by atoms with Crippen LogP contribution in [0.3, 0.4) is 0 Å². The third-order valence-electron chi connectivity index (χ3n) is 5.30. The van der Waals surface area contributed by atoms with E-state index in [1.54, 1.807) is 7.11 Å². The fourth-order valence-electron chi connectivity index (χ4n) is 3.71. The van der Waals surface area contributed by atoms with E-state index in [0.717, 1.165) is 43.8 Å². The average molecular weight is 390 g/mol. The molecule has 1 fully saturated rings. The van der Waals surface area contributed by atoms with E-state index in [9.17, 15) is 4.79 Å². The second-order valence-electron chi connectivity index (χ2n) is 7.39. The van der Waals surface area contributed by atoms with Gasteiger partial charge in [0, 0.05) is 37.3 Å². The zero-order chi connectivity index (χ0) is 20.1. The maximum Gasteiger partial charge on any atom is 0.252 e. The highest BCUT2D eigenvalue weighted by atomic mass is 16.5. The van der Waals surface area contributed by atoms with Gasteiger partial charge >= 0.3 is 0 Å². The molecule has 0 amide bonds.